The van der Waals surface area contributed by atoms with Gasteiger partial charge in [0.25, 0.3) is 5.91 Å². The SMILES string of the molecule is Cc1c(C(=O)NC2CCCCCCC2C(=O)O)cnn1-c1ccccc1F. The van der Waals surface area contributed by atoms with E-state index < -0.39 is 23.7 Å². The van der Waals surface area contributed by atoms with Crippen molar-refractivity contribution in [3.63, 3.8) is 0 Å². The number of hydrogen-bond acceptors (Lipinski definition) is 3. The normalized spacial score (nSPS) is 20.5. The van der Waals surface area contributed by atoms with E-state index in [0.717, 1.165) is 25.7 Å². The number of aliphatic carboxylic acids is 1. The van der Waals surface area contributed by atoms with Gasteiger partial charge < -0.3 is 10.4 Å². The maximum atomic E-state index is 14.0. The first-order chi connectivity index (χ1) is 13.0. The van der Waals surface area contributed by atoms with Crippen molar-refractivity contribution < 1.29 is 19.1 Å². The van der Waals surface area contributed by atoms with Gasteiger partial charge in [-0.05, 0) is 31.9 Å². The second-order valence-electron chi connectivity index (χ2n) is 7.02. The predicted octanol–water partition coefficient (Wildman–Crippen LogP) is 3.47. The fourth-order valence-electron chi connectivity index (χ4n) is 3.70. The zero-order chi connectivity index (χ0) is 19.4. The molecule has 0 saturated heterocycles. The zero-order valence-electron chi connectivity index (χ0n) is 15.3. The lowest BCUT2D eigenvalue weighted by Gasteiger charge is -2.27. The zero-order valence-corrected chi connectivity index (χ0v) is 15.3. The monoisotopic (exact) mass is 373 g/mol. The molecule has 6 nitrogen and oxygen atoms in total. The molecule has 27 heavy (non-hydrogen) atoms. The summed E-state index contributed by atoms with van der Waals surface area (Å²) in [5, 5.41) is 16.6. The second kappa shape index (κ2) is 8.33. The molecule has 0 bridgehead atoms. The molecular formula is C20H24FN3O3. The maximum Gasteiger partial charge on any atom is 0.308 e. The molecule has 2 atom stereocenters. The third-order valence-electron chi connectivity index (χ3n) is 5.23. The summed E-state index contributed by atoms with van der Waals surface area (Å²) >= 11 is 0. The topological polar surface area (TPSA) is 84.2 Å². The largest absolute Gasteiger partial charge is 0.481 e. The molecule has 3 rings (SSSR count). The molecule has 1 aliphatic rings. The highest BCUT2D eigenvalue weighted by Crippen LogP contribution is 2.24. The smallest absolute Gasteiger partial charge is 0.308 e. The van der Waals surface area contributed by atoms with Gasteiger partial charge in [0.1, 0.15) is 11.5 Å². The Morgan fingerprint density at radius 2 is 1.89 bits per heavy atom. The van der Waals surface area contributed by atoms with Crippen LogP contribution >= 0.6 is 0 Å². The van der Waals surface area contributed by atoms with Crippen molar-refractivity contribution in [2.24, 2.45) is 5.92 Å². The van der Waals surface area contributed by atoms with Gasteiger partial charge >= 0.3 is 5.97 Å². The Kier molecular flexibility index (Phi) is 5.88. The number of amides is 1. The average molecular weight is 373 g/mol. The molecule has 1 aromatic heterocycles. The highest BCUT2D eigenvalue weighted by molar-refractivity contribution is 5.95. The van der Waals surface area contributed by atoms with Crippen molar-refractivity contribution in [1.82, 2.24) is 15.1 Å². The number of aromatic nitrogens is 2. The standard InChI is InChI=1S/C20H24FN3O3/c1-13-15(12-22-24(13)18-11-7-6-9-16(18)21)19(25)23-17-10-5-3-2-4-8-14(17)20(26)27/h6-7,9,11-12,14,17H,2-5,8,10H2,1H3,(H,23,25)(H,26,27). The van der Waals surface area contributed by atoms with Crippen LogP contribution in [-0.4, -0.2) is 32.8 Å². The first kappa shape index (κ1) is 19.1. The first-order valence-corrected chi connectivity index (χ1v) is 9.32. The lowest BCUT2D eigenvalue weighted by molar-refractivity contribution is -0.143. The minimum atomic E-state index is -0.874. The van der Waals surface area contributed by atoms with E-state index in [1.54, 1.807) is 25.1 Å². The van der Waals surface area contributed by atoms with Crippen LogP contribution in [0.3, 0.4) is 0 Å². The molecule has 7 heteroatoms. The number of benzene rings is 1. The van der Waals surface area contributed by atoms with E-state index in [4.69, 9.17) is 0 Å². The van der Waals surface area contributed by atoms with Crippen LogP contribution < -0.4 is 5.32 Å². The summed E-state index contributed by atoms with van der Waals surface area (Å²) in [5.74, 6) is -2.26. The number of nitrogens with one attached hydrogen (secondary N) is 1. The average Bonchev–Trinajstić information content (AvgIpc) is 2.99. The van der Waals surface area contributed by atoms with Gasteiger partial charge in [-0.25, -0.2) is 9.07 Å². The van der Waals surface area contributed by atoms with Gasteiger partial charge in [0.05, 0.1) is 23.4 Å². The number of nitrogens with zero attached hydrogens (tertiary/aromatic N) is 2. The molecule has 0 radical (unpaired) electrons. The molecule has 1 saturated carbocycles. The summed E-state index contributed by atoms with van der Waals surface area (Å²) in [7, 11) is 0. The molecule has 1 fully saturated rings. The van der Waals surface area contributed by atoms with E-state index in [1.165, 1.54) is 16.9 Å². The van der Waals surface area contributed by atoms with E-state index >= 15 is 0 Å². The number of para-hydroxylation sites is 1. The molecule has 0 spiro atoms. The number of rotatable bonds is 4. The Bertz CT molecular complexity index is 834. The Hall–Kier alpha value is -2.70. The quantitative estimate of drug-likeness (QED) is 0.859. The van der Waals surface area contributed by atoms with E-state index in [0.29, 0.717) is 24.1 Å². The van der Waals surface area contributed by atoms with Crippen molar-refractivity contribution in [2.75, 3.05) is 0 Å². The second-order valence-corrected chi connectivity index (χ2v) is 7.02. The van der Waals surface area contributed by atoms with Gasteiger partial charge in [0, 0.05) is 6.04 Å². The third kappa shape index (κ3) is 4.18. The van der Waals surface area contributed by atoms with E-state index in [2.05, 4.69) is 10.4 Å². The minimum absolute atomic E-state index is 0.267. The van der Waals surface area contributed by atoms with Gasteiger partial charge in [-0.1, -0.05) is 37.8 Å². The van der Waals surface area contributed by atoms with Gasteiger partial charge in [-0.15, -0.1) is 0 Å². The van der Waals surface area contributed by atoms with Crippen LogP contribution in [-0.2, 0) is 4.79 Å². The highest BCUT2D eigenvalue weighted by atomic mass is 19.1. The molecule has 0 aliphatic heterocycles. The number of carbonyl (C=O) groups excluding carboxylic acids is 1. The summed E-state index contributed by atoms with van der Waals surface area (Å²) < 4.78 is 15.4. The summed E-state index contributed by atoms with van der Waals surface area (Å²) in [5.41, 5.74) is 1.10. The van der Waals surface area contributed by atoms with E-state index in [-0.39, 0.29) is 11.6 Å². The van der Waals surface area contributed by atoms with Crippen molar-refractivity contribution >= 4 is 11.9 Å². The first-order valence-electron chi connectivity index (χ1n) is 9.32. The molecule has 1 heterocycles. The number of hydrogen-bond donors (Lipinski definition) is 2. The lowest BCUT2D eigenvalue weighted by atomic mass is 9.86. The third-order valence-corrected chi connectivity index (χ3v) is 5.23. The summed E-state index contributed by atoms with van der Waals surface area (Å²) in [6.45, 7) is 1.70. The van der Waals surface area contributed by atoms with Gasteiger partial charge in [-0.3, -0.25) is 9.59 Å². The number of carboxylic acids is 1. The maximum absolute atomic E-state index is 14.0. The molecule has 2 unspecified atom stereocenters. The summed E-state index contributed by atoms with van der Waals surface area (Å²) in [6.07, 6.45) is 6.42. The van der Waals surface area contributed by atoms with Crippen LogP contribution in [0.2, 0.25) is 0 Å². The van der Waals surface area contributed by atoms with Crippen molar-refractivity contribution in [3.05, 3.63) is 47.5 Å². The fraction of sp³-hybridized carbons (Fsp3) is 0.450. The number of carboxylic acid groups (broad SMARTS) is 1. The minimum Gasteiger partial charge on any atom is -0.481 e. The molecule has 2 N–H and O–H groups in total. The van der Waals surface area contributed by atoms with Crippen molar-refractivity contribution in [2.45, 2.75) is 51.5 Å². The summed E-state index contributed by atoms with van der Waals surface area (Å²) in [6, 6.07) is 5.80. The molecular weight excluding hydrogens is 349 g/mol. The Labute approximate surface area is 157 Å². The van der Waals surface area contributed by atoms with Crippen LogP contribution in [0.15, 0.2) is 30.5 Å². The Morgan fingerprint density at radius 1 is 1.19 bits per heavy atom. The van der Waals surface area contributed by atoms with E-state index in [1.807, 2.05) is 0 Å². The van der Waals surface area contributed by atoms with Crippen LogP contribution in [0.5, 0.6) is 0 Å². The van der Waals surface area contributed by atoms with Crippen LogP contribution in [0.1, 0.15) is 54.6 Å². The van der Waals surface area contributed by atoms with Gasteiger partial charge in [0.15, 0.2) is 0 Å². The Balaban J connectivity index is 1.81. The van der Waals surface area contributed by atoms with Crippen LogP contribution in [0.4, 0.5) is 4.39 Å². The number of halogens is 1. The lowest BCUT2D eigenvalue weighted by Crippen LogP contribution is -2.44. The van der Waals surface area contributed by atoms with Gasteiger partial charge in [0.2, 0.25) is 0 Å². The molecule has 1 amide bonds. The fourth-order valence-corrected chi connectivity index (χ4v) is 3.70. The van der Waals surface area contributed by atoms with Gasteiger partial charge in [-0.2, -0.15) is 5.10 Å². The number of carbonyl (C=O) groups is 2. The highest BCUT2D eigenvalue weighted by Gasteiger charge is 2.31. The molecule has 2 aromatic rings. The van der Waals surface area contributed by atoms with Crippen molar-refractivity contribution in [1.29, 1.82) is 0 Å². The summed E-state index contributed by atoms with van der Waals surface area (Å²) in [4.78, 5) is 24.4. The molecule has 1 aromatic carbocycles. The predicted molar refractivity (Wildman–Crippen MR) is 98.3 cm³/mol. The molecule has 1 aliphatic carbocycles. The van der Waals surface area contributed by atoms with E-state index in [9.17, 15) is 19.1 Å². The Morgan fingerprint density at radius 3 is 2.59 bits per heavy atom. The van der Waals surface area contributed by atoms with Crippen molar-refractivity contribution in [3.8, 4) is 5.69 Å². The van der Waals surface area contributed by atoms with Crippen LogP contribution in [0.25, 0.3) is 5.69 Å². The van der Waals surface area contributed by atoms with Crippen LogP contribution in [0, 0.1) is 18.7 Å². The molecule has 144 valence electrons.